The van der Waals surface area contributed by atoms with E-state index in [0.29, 0.717) is 25.3 Å². The fourth-order valence-electron chi connectivity index (χ4n) is 3.08. The number of nitrogens with one attached hydrogen (secondary N) is 1. The van der Waals surface area contributed by atoms with Crippen LogP contribution in [0.3, 0.4) is 0 Å². The molecule has 1 aliphatic rings. The lowest BCUT2D eigenvalue weighted by atomic mass is 10.0. The molecule has 5 heteroatoms. The van der Waals surface area contributed by atoms with Crippen LogP contribution < -0.4 is 5.32 Å². The quantitative estimate of drug-likeness (QED) is 0.839. The molecule has 126 valence electrons. The van der Waals surface area contributed by atoms with Crippen LogP contribution in [0.15, 0.2) is 24.5 Å². The van der Waals surface area contributed by atoms with Gasteiger partial charge in [0.05, 0.1) is 0 Å². The number of Topliss-reactive ketones (excluding diaryl/α,β-unsaturated/α-hetero) is 1. The Morgan fingerprint density at radius 2 is 1.91 bits per heavy atom. The second-order valence-electron chi connectivity index (χ2n) is 6.39. The molecular weight excluding hydrogens is 290 g/mol. The van der Waals surface area contributed by atoms with Crippen LogP contribution in [0.2, 0.25) is 0 Å². The summed E-state index contributed by atoms with van der Waals surface area (Å²) < 4.78 is 0. The highest BCUT2D eigenvalue weighted by Gasteiger charge is 2.24. The molecule has 1 aromatic rings. The first kappa shape index (κ1) is 17.6. The van der Waals surface area contributed by atoms with Crippen LogP contribution in [-0.2, 0) is 9.59 Å². The second-order valence-corrected chi connectivity index (χ2v) is 6.39. The van der Waals surface area contributed by atoms with Crippen molar-refractivity contribution in [2.24, 2.45) is 0 Å². The highest BCUT2D eigenvalue weighted by Crippen LogP contribution is 2.23. The molecule has 1 atom stereocenters. The number of hydrogen-bond acceptors (Lipinski definition) is 4. The maximum atomic E-state index is 11.9. The van der Waals surface area contributed by atoms with Gasteiger partial charge in [0.15, 0.2) is 0 Å². The lowest BCUT2D eigenvalue weighted by molar-refractivity contribution is -0.122. The summed E-state index contributed by atoms with van der Waals surface area (Å²) in [7, 11) is 0. The Bertz CT molecular complexity index is 510. The minimum Gasteiger partial charge on any atom is -0.353 e. The molecule has 0 aliphatic carbocycles. The van der Waals surface area contributed by atoms with E-state index in [1.54, 1.807) is 6.92 Å². The van der Waals surface area contributed by atoms with Gasteiger partial charge in [-0.25, -0.2) is 0 Å². The molecule has 0 aromatic carbocycles. The van der Waals surface area contributed by atoms with E-state index >= 15 is 0 Å². The zero-order valence-electron chi connectivity index (χ0n) is 14.1. The predicted molar refractivity (Wildman–Crippen MR) is 89.9 cm³/mol. The molecular formula is C18H27N3O2. The van der Waals surface area contributed by atoms with Gasteiger partial charge in [-0.3, -0.25) is 14.7 Å². The summed E-state index contributed by atoms with van der Waals surface area (Å²) in [4.78, 5) is 29.3. The second kappa shape index (κ2) is 8.77. The van der Waals surface area contributed by atoms with Crippen LogP contribution in [0.1, 0.15) is 57.6 Å². The molecule has 1 saturated heterocycles. The molecule has 2 rings (SSSR count). The van der Waals surface area contributed by atoms with Crippen molar-refractivity contribution in [3.8, 4) is 0 Å². The number of likely N-dealkylation sites (tertiary alicyclic amines) is 1. The molecule has 0 spiro atoms. The van der Waals surface area contributed by atoms with E-state index in [0.717, 1.165) is 25.9 Å². The van der Waals surface area contributed by atoms with Gasteiger partial charge >= 0.3 is 0 Å². The Kier molecular flexibility index (Phi) is 6.71. The average Bonchev–Trinajstić information content (AvgIpc) is 2.55. The van der Waals surface area contributed by atoms with E-state index in [9.17, 15) is 9.59 Å². The normalized spacial score (nSPS) is 17.7. The van der Waals surface area contributed by atoms with Crippen molar-refractivity contribution in [2.75, 3.05) is 13.1 Å². The van der Waals surface area contributed by atoms with E-state index in [-0.39, 0.29) is 17.7 Å². The monoisotopic (exact) mass is 317 g/mol. The maximum Gasteiger partial charge on any atom is 0.220 e. The van der Waals surface area contributed by atoms with Crippen LogP contribution in [0.4, 0.5) is 0 Å². The van der Waals surface area contributed by atoms with Crippen molar-refractivity contribution in [1.29, 1.82) is 0 Å². The van der Waals surface area contributed by atoms with Crippen molar-refractivity contribution in [3.05, 3.63) is 30.1 Å². The van der Waals surface area contributed by atoms with Crippen molar-refractivity contribution in [3.63, 3.8) is 0 Å². The number of amides is 1. The molecule has 1 aromatic heterocycles. The lowest BCUT2D eigenvalue weighted by Crippen LogP contribution is -2.45. The number of piperidine rings is 1. The van der Waals surface area contributed by atoms with Crippen molar-refractivity contribution in [2.45, 2.75) is 58.0 Å². The Labute approximate surface area is 138 Å². The summed E-state index contributed by atoms with van der Waals surface area (Å²) in [6.07, 6.45) is 7.23. The number of carbonyl (C=O) groups excluding carboxylic acids is 2. The Balaban J connectivity index is 1.71. The number of carbonyl (C=O) groups is 2. The van der Waals surface area contributed by atoms with Gasteiger partial charge in [0, 0.05) is 50.4 Å². The Morgan fingerprint density at radius 3 is 2.52 bits per heavy atom. The summed E-state index contributed by atoms with van der Waals surface area (Å²) in [5.74, 6) is 0.225. The third-order valence-electron chi connectivity index (χ3n) is 4.56. The number of hydrogen-bond donors (Lipinski definition) is 1. The first-order chi connectivity index (χ1) is 11.1. The molecule has 2 heterocycles. The van der Waals surface area contributed by atoms with E-state index in [4.69, 9.17) is 0 Å². The predicted octanol–water partition coefficient (Wildman–Crippen LogP) is 2.48. The molecule has 1 unspecified atom stereocenters. The van der Waals surface area contributed by atoms with Gasteiger partial charge in [-0.05, 0) is 50.8 Å². The first-order valence-corrected chi connectivity index (χ1v) is 8.49. The topological polar surface area (TPSA) is 62.3 Å². The molecule has 1 aliphatic heterocycles. The highest BCUT2D eigenvalue weighted by atomic mass is 16.1. The van der Waals surface area contributed by atoms with Crippen LogP contribution >= 0.6 is 0 Å². The van der Waals surface area contributed by atoms with Crippen LogP contribution in [0.25, 0.3) is 0 Å². The largest absolute Gasteiger partial charge is 0.353 e. The summed E-state index contributed by atoms with van der Waals surface area (Å²) in [6, 6.07) is 4.77. The SMILES string of the molecule is CC(=O)CCCC(=O)NC1CCN(C(C)c2ccncc2)CC1. The van der Waals surface area contributed by atoms with Crippen molar-refractivity contribution in [1.82, 2.24) is 15.2 Å². The molecule has 1 N–H and O–H groups in total. The average molecular weight is 317 g/mol. The lowest BCUT2D eigenvalue weighted by Gasteiger charge is -2.36. The maximum absolute atomic E-state index is 11.9. The Hall–Kier alpha value is -1.75. The van der Waals surface area contributed by atoms with E-state index < -0.39 is 0 Å². The molecule has 1 amide bonds. The molecule has 23 heavy (non-hydrogen) atoms. The zero-order chi connectivity index (χ0) is 16.7. The minimum absolute atomic E-state index is 0.0758. The third-order valence-corrected chi connectivity index (χ3v) is 4.56. The van der Waals surface area contributed by atoms with Crippen LogP contribution in [0, 0.1) is 0 Å². The first-order valence-electron chi connectivity index (χ1n) is 8.49. The zero-order valence-corrected chi connectivity index (χ0v) is 14.1. The van der Waals surface area contributed by atoms with Gasteiger partial charge in [-0.1, -0.05) is 0 Å². The molecule has 0 radical (unpaired) electrons. The summed E-state index contributed by atoms with van der Waals surface area (Å²) in [5.41, 5.74) is 1.28. The highest BCUT2D eigenvalue weighted by molar-refractivity contribution is 5.78. The van der Waals surface area contributed by atoms with E-state index in [1.165, 1.54) is 5.56 Å². The minimum atomic E-state index is 0.0758. The fourth-order valence-corrected chi connectivity index (χ4v) is 3.08. The van der Waals surface area contributed by atoms with Gasteiger partial charge in [0.1, 0.15) is 5.78 Å². The smallest absolute Gasteiger partial charge is 0.220 e. The Morgan fingerprint density at radius 1 is 1.26 bits per heavy atom. The van der Waals surface area contributed by atoms with Crippen molar-refractivity contribution < 1.29 is 9.59 Å². The molecule has 0 bridgehead atoms. The molecule has 0 saturated carbocycles. The number of rotatable bonds is 7. The number of ketones is 1. The van der Waals surface area contributed by atoms with Gasteiger partial charge in [-0.2, -0.15) is 0 Å². The van der Waals surface area contributed by atoms with E-state index in [2.05, 4.69) is 34.3 Å². The van der Waals surface area contributed by atoms with E-state index in [1.807, 2.05) is 12.4 Å². The number of nitrogens with zero attached hydrogens (tertiary/aromatic N) is 2. The number of pyridine rings is 1. The fraction of sp³-hybridized carbons (Fsp3) is 0.611. The van der Waals surface area contributed by atoms with Gasteiger partial charge in [0.2, 0.25) is 5.91 Å². The van der Waals surface area contributed by atoms with Crippen molar-refractivity contribution >= 4 is 11.7 Å². The van der Waals surface area contributed by atoms with Gasteiger partial charge < -0.3 is 10.1 Å². The summed E-state index contributed by atoms with van der Waals surface area (Å²) >= 11 is 0. The van der Waals surface area contributed by atoms with Gasteiger partial charge in [0.25, 0.3) is 0 Å². The summed E-state index contributed by atoms with van der Waals surface area (Å²) in [5, 5.41) is 3.10. The summed E-state index contributed by atoms with van der Waals surface area (Å²) in [6.45, 7) is 5.76. The number of aromatic nitrogens is 1. The third kappa shape index (κ3) is 5.75. The molecule has 1 fully saturated rings. The van der Waals surface area contributed by atoms with Crippen LogP contribution in [-0.4, -0.2) is 40.7 Å². The van der Waals surface area contributed by atoms with Crippen LogP contribution in [0.5, 0.6) is 0 Å². The standard InChI is InChI=1S/C18H27N3O2/c1-14(22)4-3-5-18(23)20-17-8-12-21(13-9-17)15(2)16-6-10-19-11-7-16/h6-7,10-11,15,17H,3-5,8-9,12-13H2,1-2H3,(H,20,23). The molecule has 5 nitrogen and oxygen atoms in total. The van der Waals surface area contributed by atoms with Gasteiger partial charge in [-0.15, -0.1) is 0 Å².